The van der Waals surface area contributed by atoms with E-state index in [1.165, 1.54) is 0 Å². The molecular weight excluding hydrogens is 168 g/mol. The first-order valence-electron chi connectivity index (χ1n) is 0.902. The molecule has 0 aliphatic carbocycles. The minimum atomic E-state index is -0.250. The van der Waals surface area contributed by atoms with E-state index in [1.54, 1.807) is 0 Å². The molecule has 82 valence electrons. The zero-order valence-corrected chi connectivity index (χ0v) is 3.75. The van der Waals surface area contributed by atoms with Crippen LogP contribution in [0.1, 0.15) is 29.7 Å². The van der Waals surface area contributed by atoms with E-state index < -0.39 is 0 Å². The lowest BCUT2D eigenvalue weighted by atomic mass is 11.7. The van der Waals surface area contributed by atoms with Crippen LogP contribution in [-0.4, -0.2) is 28.7 Å². The number of hydrogen-bond donors (Lipinski definition) is 1. The topological polar surface area (TPSA) is 134 Å². The molecule has 0 fully saturated rings. The van der Waals surface area contributed by atoms with Crippen LogP contribution >= 0.6 is 0 Å². The molecule has 0 aliphatic heterocycles. The van der Waals surface area contributed by atoms with Crippen LogP contribution in [0, 0.1) is 0 Å². The minimum absolute atomic E-state index is 0. The van der Waals surface area contributed by atoms with Crippen LogP contribution in [0.4, 0.5) is 0 Å². The maximum atomic E-state index is 8.36. The summed E-state index contributed by atoms with van der Waals surface area (Å²) in [4.78, 5) is 24.6. The third kappa shape index (κ3) is 350. The standard InChI is InChI=1S/CH2O2.CO2.4CH4.2H2O/c2*2-1-3;;;;;;/h1H,(H,2,3);;4*1H4;2*1H2. The van der Waals surface area contributed by atoms with E-state index in [2.05, 4.69) is 0 Å². The van der Waals surface area contributed by atoms with Gasteiger partial charge in [-0.3, -0.25) is 4.79 Å². The third-order valence-corrected chi connectivity index (χ3v) is 0. The van der Waals surface area contributed by atoms with Crippen molar-refractivity contribution in [3.05, 3.63) is 0 Å². The lowest BCUT2D eigenvalue weighted by Gasteiger charge is -1.34. The van der Waals surface area contributed by atoms with Crippen molar-refractivity contribution in [3.8, 4) is 0 Å². The number of hydrogen-bond acceptors (Lipinski definition) is 3. The van der Waals surface area contributed by atoms with E-state index in [4.69, 9.17) is 19.5 Å². The first-order valence-corrected chi connectivity index (χ1v) is 0.902. The Morgan fingerprint density at radius 1 is 0.917 bits per heavy atom. The van der Waals surface area contributed by atoms with Crippen molar-refractivity contribution < 1.29 is 30.4 Å². The third-order valence-electron chi connectivity index (χ3n) is 0. The van der Waals surface area contributed by atoms with Crippen LogP contribution in [0.25, 0.3) is 0 Å². The normalized spacial score (nSPS) is 1.67. The average molecular weight is 190 g/mol. The Morgan fingerprint density at radius 2 is 0.917 bits per heavy atom. The van der Waals surface area contributed by atoms with Gasteiger partial charge in [0.1, 0.15) is 0 Å². The molecule has 0 spiro atoms. The Kier molecular flexibility index (Phi) is 14200. The van der Waals surface area contributed by atoms with Gasteiger partial charge in [-0.1, -0.05) is 29.7 Å². The fourth-order valence-electron chi connectivity index (χ4n) is 0. The summed E-state index contributed by atoms with van der Waals surface area (Å²) in [6.07, 6.45) is 0.250. The van der Waals surface area contributed by atoms with Crippen LogP contribution in [0.2, 0.25) is 0 Å². The largest absolute Gasteiger partial charge is 0.483 e. The summed E-state index contributed by atoms with van der Waals surface area (Å²) in [7, 11) is 0. The van der Waals surface area contributed by atoms with Crippen molar-refractivity contribution in [2.45, 2.75) is 29.7 Å². The van der Waals surface area contributed by atoms with Gasteiger partial charge in [0.05, 0.1) is 0 Å². The number of carboxylic acid groups (broad SMARTS) is 1. The second kappa shape index (κ2) is 1270. The number of carbonyl (C=O) groups is 1. The fraction of sp³-hybridized carbons (Fsp3) is 0.667. The van der Waals surface area contributed by atoms with Crippen LogP contribution in [-0.2, 0) is 14.4 Å². The molecular formula is C6H22O6. The highest BCUT2D eigenvalue weighted by molar-refractivity contribution is 5.32. The summed E-state index contributed by atoms with van der Waals surface area (Å²) < 4.78 is 0. The molecule has 0 aliphatic rings. The highest BCUT2D eigenvalue weighted by atomic mass is 16.3. The molecule has 0 amide bonds. The Bertz CT molecular complexity index is 57.1. The van der Waals surface area contributed by atoms with E-state index in [0.29, 0.717) is 0 Å². The molecule has 0 radical (unpaired) electrons. The van der Waals surface area contributed by atoms with Gasteiger partial charge in [0.25, 0.3) is 6.47 Å². The van der Waals surface area contributed by atoms with E-state index in [0.717, 1.165) is 0 Å². The predicted octanol–water partition coefficient (Wildman–Crippen LogP) is 0.0123. The molecule has 6 nitrogen and oxygen atoms in total. The van der Waals surface area contributed by atoms with Gasteiger partial charge in [0, 0.05) is 0 Å². The Labute approximate surface area is 73.8 Å². The first kappa shape index (κ1) is 134. The van der Waals surface area contributed by atoms with Gasteiger partial charge in [-0.15, -0.1) is 0 Å². The highest BCUT2D eigenvalue weighted by Crippen LogP contribution is 0.966. The molecule has 5 N–H and O–H groups in total. The summed E-state index contributed by atoms with van der Waals surface area (Å²) in [5.74, 6) is 0. The van der Waals surface area contributed by atoms with Gasteiger partial charge < -0.3 is 16.1 Å². The van der Waals surface area contributed by atoms with Crippen LogP contribution in [0.3, 0.4) is 0 Å². The lowest BCUT2D eigenvalue weighted by molar-refractivity contribution is -0.191. The van der Waals surface area contributed by atoms with Gasteiger partial charge >= 0.3 is 6.15 Å². The van der Waals surface area contributed by atoms with Crippen molar-refractivity contribution in [2.24, 2.45) is 0 Å². The molecule has 0 rings (SSSR count). The summed E-state index contributed by atoms with van der Waals surface area (Å²) >= 11 is 0. The molecule has 0 unspecified atom stereocenters. The number of carbonyl (C=O) groups excluding carboxylic acids is 2. The minimum Gasteiger partial charge on any atom is -0.483 e. The summed E-state index contributed by atoms with van der Waals surface area (Å²) in [6.45, 7) is -0.250. The highest BCUT2D eigenvalue weighted by Gasteiger charge is 1.22. The van der Waals surface area contributed by atoms with E-state index in [-0.39, 0.29) is 53.3 Å². The Balaban J connectivity index is -0.00000000296. The zero-order chi connectivity index (χ0) is 5.41. The molecule has 6 heteroatoms. The molecule has 0 aromatic rings. The Hall–Kier alpha value is -1.23. The monoisotopic (exact) mass is 190 g/mol. The fourth-order valence-corrected chi connectivity index (χ4v) is 0. The van der Waals surface area contributed by atoms with Gasteiger partial charge in [0.15, 0.2) is 0 Å². The van der Waals surface area contributed by atoms with Crippen molar-refractivity contribution in [1.82, 2.24) is 0 Å². The van der Waals surface area contributed by atoms with Crippen molar-refractivity contribution >= 4 is 12.6 Å². The van der Waals surface area contributed by atoms with Crippen LogP contribution in [0.15, 0.2) is 0 Å². The van der Waals surface area contributed by atoms with Gasteiger partial charge in [0.2, 0.25) is 0 Å². The summed E-state index contributed by atoms with van der Waals surface area (Å²) in [6, 6.07) is 0. The maximum absolute atomic E-state index is 8.36. The zero-order valence-electron chi connectivity index (χ0n) is 3.75. The van der Waals surface area contributed by atoms with E-state index in [9.17, 15) is 0 Å². The van der Waals surface area contributed by atoms with E-state index >= 15 is 0 Å². The Morgan fingerprint density at radius 3 is 0.917 bits per heavy atom. The smallest absolute Gasteiger partial charge is 0.373 e. The van der Waals surface area contributed by atoms with Gasteiger partial charge in [-0.2, -0.15) is 9.59 Å². The van der Waals surface area contributed by atoms with Crippen molar-refractivity contribution in [2.75, 3.05) is 0 Å². The van der Waals surface area contributed by atoms with Crippen LogP contribution in [0.5, 0.6) is 0 Å². The van der Waals surface area contributed by atoms with Crippen molar-refractivity contribution in [3.63, 3.8) is 0 Å². The molecule has 0 saturated heterocycles. The second-order valence-electron chi connectivity index (χ2n) is 0.189. The number of rotatable bonds is 0. The molecule has 0 saturated carbocycles. The summed E-state index contributed by atoms with van der Waals surface area (Å²) in [5, 5.41) is 6.89. The molecule has 0 atom stereocenters. The van der Waals surface area contributed by atoms with Gasteiger partial charge in [-0.05, 0) is 0 Å². The molecule has 12 heavy (non-hydrogen) atoms. The van der Waals surface area contributed by atoms with Crippen molar-refractivity contribution in [1.29, 1.82) is 0 Å². The molecule has 0 aromatic heterocycles. The predicted molar refractivity (Wildman–Crippen MR) is 47.9 cm³/mol. The maximum Gasteiger partial charge on any atom is 0.373 e. The molecule has 0 aromatic carbocycles. The second-order valence-corrected chi connectivity index (χ2v) is 0.189. The summed E-state index contributed by atoms with van der Waals surface area (Å²) in [5.41, 5.74) is 0. The molecule has 0 bridgehead atoms. The average Bonchev–Trinajstić information content (AvgIpc) is 1.39. The quantitative estimate of drug-likeness (QED) is 0.538. The SMILES string of the molecule is C.C.C.C.O.O.O=C=O.O=CO. The lowest BCUT2D eigenvalue weighted by Crippen LogP contribution is -1.49. The van der Waals surface area contributed by atoms with Crippen LogP contribution < -0.4 is 0 Å². The van der Waals surface area contributed by atoms with E-state index in [1.807, 2.05) is 0 Å². The first-order chi connectivity index (χ1) is 2.83. The van der Waals surface area contributed by atoms with Gasteiger partial charge in [-0.25, -0.2) is 0 Å². The molecule has 0 heterocycles.